The second-order valence-electron chi connectivity index (χ2n) is 3.72. The summed E-state index contributed by atoms with van der Waals surface area (Å²) in [7, 11) is -3.23. The van der Waals surface area contributed by atoms with Crippen LogP contribution in [0.3, 0.4) is 0 Å². The van der Waals surface area contributed by atoms with E-state index in [-0.39, 0.29) is 5.75 Å². The van der Waals surface area contributed by atoms with Gasteiger partial charge < -0.3 is 0 Å². The summed E-state index contributed by atoms with van der Waals surface area (Å²) in [5.41, 5.74) is 0.915. The molecule has 0 atom stereocenters. The first-order valence-electron chi connectivity index (χ1n) is 5.15. The molecule has 1 aromatic carbocycles. The number of benzene rings is 1. The van der Waals surface area contributed by atoms with E-state index in [2.05, 4.69) is 0 Å². The first-order valence-corrected chi connectivity index (χ1v) is 6.75. The summed E-state index contributed by atoms with van der Waals surface area (Å²) in [5.74, 6) is 0.173. The van der Waals surface area contributed by atoms with Crippen molar-refractivity contribution in [3.8, 4) is 6.07 Å². The lowest BCUT2D eigenvalue weighted by Crippen LogP contribution is -2.38. The summed E-state index contributed by atoms with van der Waals surface area (Å²) in [6.45, 7) is 0.473. The van der Waals surface area contributed by atoms with Gasteiger partial charge in [-0.15, -0.1) is 0 Å². The third-order valence-electron chi connectivity index (χ3n) is 2.64. The van der Waals surface area contributed by atoms with Crippen molar-refractivity contribution in [2.24, 2.45) is 0 Å². The highest BCUT2D eigenvalue weighted by Gasteiger charge is 2.27. The van der Waals surface area contributed by atoms with Crippen LogP contribution in [0, 0.1) is 11.3 Å². The van der Waals surface area contributed by atoms with Gasteiger partial charge in [-0.2, -0.15) is 5.26 Å². The van der Waals surface area contributed by atoms with Crippen LogP contribution in [0.5, 0.6) is 0 Å². The molecule has 1 aliphatic rings. The van der Waals surface area contributed by atoms with Gasteiger partial charge >= 0.3 is 0 Å². The molecular formula is C11H12N2O2S. The number of para-hydroxylation sites is 1. The van der Waals surface area contributed by atoms with E-state index in [9.17, 15) is 8.42 Å². The Kier molecular flexibility index (Phi) is 2.84. The fraction of sp³-hybridized carbons (Fsp3) is 0.364. The highest BCUT2D eigenvalue weighted by molar-refractivity contribution is 7.92. The van der Waals surface area contributed by atoms with Crippen LogP contribution in [-0.2, 0) is 10.0 Å². The molecule has 1 saturated heterocycles. The van der Waals surface area contributed by atoms with Crippen molar-refractivity contribution < 1.29 is 8.42 Å². The number of hydrogen-bond acceptors (Lipinski definition) is 3. The first kappa shape index (κ1) is 11.0. The minimum atomic E-state index is -3.23. The van der Waals surface area contributed by atoms with Gasteiger partial charge in [0.25, 0.3) is 0 Å². The van der Waals surface area contributed by atoms with E-state index >= 15 is 0 Å². The third kappa shape index (κ3) is 1.89. The van der Waals surface area contributed by atoms with Gasteiger partial charge in [-0.05, 0) is 25.0 Å². The Morgan fingerprint density at radius 1 is 1.25 bits per heavy atom. The summed E-state index contributed by atoms with van der Waals surface area (Å²) >= 11 is 0. The Hall–Kier alpha value is -1.54. The van der Waals surface area contributed by atoms with E-state index in [0.29, 0.717) is 24.2 Å². The molecule has 1 aromatic rings. The van der Waals surface area contributed by atoms with Crippen molar-refractivity contribution >= 4 is 15.7 Å². The van der Waals surface area contributed by atoms with Crippen molar-refractivity contribution in [3.05, 3.63) is 29.8 Å². The summed E-state index contributed by atoms with van der Waals surface area (Å²) in [6.07, 6.45) is 1.55. The van der Waals surface area contributed by atoms with Gasteiger partial charge in [0.15, 0.2) is 0 Å². The molecule has 1 fully saturated rings. The largest absolute Gasteiger partial charge is 0.269 e. The zero-order chi connectivity index (χ0) is 11.6. The zero-order valence-electron chi connectivity index (χ0n) is 8.76. The number of sulfonamides is 1. The summed E-state index contributed by atoms with van der Waals surface area (Å²) in [4.78, 5) is 0. The molecule has 0 saturated carbocycles. The minimum absolute atomic E-state index is 0.173. The Labute approximate surface area is 95.2 Å². The molecule has 84 valence electrons. The highest BCUT2D eigenvalue weighted by Crippen LogP contribution is 2.26. The van der Waals surface area contributed by atoms with Crippen LogP contribution in [0.25, 0.3) is 0 Å². The van der Waals surface area contributed by atoms with Gasteiger partial charge in [0.2, 0.25) is 10.0 Å². The lowest BCUT2D eigenvalue weighted by molar-refractivity contribution is 0.574. The second kappa shape index (κ2) is 4.14. The van der Waals surface area contributed by atoms with E-state index < -0.39 is 10.0 Å². The van der Waals surface area contributed by atoms with Gasteiger partial charge in [0.05, 0.1) is 17.0 Å². The molecule has 5 heteroatoms. The standard InChI is InChI=1S/C11H12N2O2S/c12-9-10-5-1-2-6-11(10)13-7-3-4-8-16(13,14)15/h1-2,5-6H,3-4,7-8H2. The molecule has 16 heavy (non-hydrogen) atoms. The normalized spacial score (nSPS) is 19.1. The molecule has 0 amide bonds. The van der Waals surface area contributed by atoms with Crippen LogP contribution in [-0.4, -0.2) is 20.7 Å². The summed E-state index contributed by atoms with van der Waals surface area (Å²) in [6, 6.07) is 8.83. The van der Waals surface area contributed by atoms with Crippen molar-refractivity contribution in [1.29, 1.82) is 5.26 Å². The van der Waals surface area contributed by atoms with Crippen molar-refractivity contribution in [2.75, 3.05) is 16.6 Å². The van der Waals surface area contributed by atoms with Crippen LogP contribution in [0.2, 0.25) is 0 Å². The van der Waals surface area contributed by atoms with Crippen molar-refractivity contribution in [2.45, 2.75) is 12.8 Å². The van der Waals surface area contributed by atoms with Crippen LogP contribution >= 0.6 is 0 Å². The predicted molar refractivity (Wildman–Crippen MR) is 61.5 cm³/mol. The highest BCUT2D eigenvalue weighted by atomic mass is 32.2. The monoisotopic (exact) mass is 236 g/mol. The van der Waals surface area contributed by atoms with Gasteiger partial charge in [-0.25, -0.2) is 8.42 Å². The fourth-order valence-electron chi connectivity index (χ4n) is 1.85. The molecule has 0 aromatic heterocycles. The third-order valence-corrected chi connectivity index (χ3v) is 4.50. The quantitative estimate of drug-likeness (QED) is 0.742. The van der Waals surface area contributed by atoms with Crippen molar-refractivity contribution in [3.63, 3.8) is 0 Å². The maximum absolute atomic E-state index is 11.9. The number of hydrogen-bond donors (Lipinski definition) is 0. The molecule has 0 unspecified atom stereocenters. The summed E-state index contributed by atoms with van der Waals surface area (Å²) in [5, 5.41) is 8.95. The van der Waals surface area contributed by atoms with E-state index in [1.165, 1.54) is 4.31 Å². The zero-order valence-corrected chi connectivity index (χ0v) is 9.57. The maximum atomic E-state index is 11.9. The van der Waals surface area contributed by atoms with Crippen LogP contribution in [0.1, 0.15) is 18.4 Å². The van der Waals surface area contributed by atoms with Crippen LogP contribution < -0.4 is 4.31 Å². The molecule has 1 heterocycles. The number of anilines is 1. The Bertz CT molecular complexity index is 531. The number of rotatable bonds is 1. The Morgan fingerprint density at radius 2 is 2.00 bits per heavy atom. The lowest BCUT2D eigenvalue weighted by Gasteiger charge is -2.28. The van der Waals surface area contributed by atoms with E-state index in [4.69, 9.17) is 5.26 Å². The van der Waals surface area contributed by atoms with E-state index in [1.807, 2.05) is 6.07 Å². The molecule has 0 radical (unpaired) electrons. The predicted octanol–water partition coefficient (Wildman–Crippen LogP) is 1.49. The van der Waals surface area contributed by atoms with Gasteiger partial charge in [-0.3, -0.25) is 4.31 Å². The van der Waals surface area contributed by atoms with E-state index in [1.54, 1.807) is 24.3 Å². The van der Waals surface area contributed by atoms with Crippen LogP contribution in [0.15, 0.2) is 24.3 Å². The smallest absolute Gasteiger partial charge is 0.235 e. The Balaban J connectivity index is 2.48. The van der Waals surface area contributed by atoms with Gasteiger partial charge in [-0.1, -0.05) is 12.1 Å². The average molecular weight is 236 g/mol. The maximum Gasteiger partial charge on any atom is 0.235 e. The van der Waals surface area contributed by atoms with Gasteiger partial charge in [0.1, 0.15) is 6.07 Å². The Morgan fingerprint density at radius 3 is 2.69 bits per heavy atom. The molecule has 1 aliphatic heterocycles. The molecule has 0 N–H and O–H groups in total. The molecular weight excluding hydrogens is 224 g/mol. The molecule has 0 bridgehead atoms. The average Bonchev–Trinajstić information content (AvgIpc) is 2.28. The number of nitriles is 1. The van der Waals surface area contributed by atoms with E-state index in [0.717, 1.165) is 6.42 Å². The van der Waals surface area contributed by atoms with Crippen molar-refractivity contribution in [1.82, 2.24) is 0 Å². The summed E-state index contributed by atoms with van der Waals surface area (Å²) < 4.78 is 25.1. The molecule has 4 nitrogen and oxygen atoms in total. The number of nitrogens with zero attached hydrogens (tertiary/aromatic N) is 2. The van der Waals surface area contributed by atoms with Gasteiger partial charge in [0, 0.05) is 6.54 Å². The molecule has 0 spiro atoms. The van der Waals surface area contributed by atoms with Crippen LogP contribution in [0.4, 0.5) is 5.69 Å². The minimum Gasteiger partial charge on any atom is -0.269 e. The molecule has 0 aliphatic carbocycles. The first-order chi connectivity index (χ1) is 7.65. The second-order valence-corrected chi connectivity index (χ2v) is 5.74. The fourth-order valence-corrected chi connectivity index (χ4v) is 3.50. The molecule has 2 rings (SSSR count). The SMILES string of the molecule is N#Cc1ccccc1N1CCCCS1(=O)=O. The lowest BCUT2D eigenvalue weighted by atomic mass is 10.2. The topological polar surface area (TPSA) is 61.2 Å².